The van der Waals surface area contributed by atoms with Crippen LogP contribution in [-0.4, -0.2) is 9.97 Å². The highest BCUT2D eigenvalue weighted by Gasteiger charge is 2.02. The van der Waals surface area contributed by atoms with E-state index in [0.29, 0.717) is 23.5 Å². The second kappa shape index (κ2) is 34.3. The molecule has 0 aliphatic heterocycles. The molecule has 2 aromatic rings. The molecule has 0 aliphatic carbocycles. The van der Waals surface area contributed by atoms with Crippen LogP contribution >= 0.6 is 44.2 Å². The minimum absolute atomic E-state index is 0. The molecular formula is C16H24Br3F9N4. The normalized spacial score (nSPS) is 7.78. The molecule has 0 saturated carbocycles. The topological polar surface area (TPSA) is 77.8 Å². The van der Waals surface area contributed by atoms with Crippen molar-refractivity contribution in [2.45, 2.75) is 39.5 Å². The van der Waals surface area contributed by atoms with Gasteiger partial charge in [0.1, 0.15) is 11.6 Å². The zero-order valence-electron chi connectivity index (χ0n) is 17.2. The fraction of sp³-hybridized carbons (Fsp3) is 0.375. The van der Waals surface area contributed by atoms with Gasteiger partial charge in [0.25, 0.3) is 0 Å². The molecule has 0 aliphatic rings. The van der Waals surface area contributed by atoms with E-state index in [1.54, 1.807) is 0 Å². The molecule has 0 spiro atoms. The summed E-state index contributed by atoms with van der Waals surface area (Å²) in [6.45, 7) is 8.51. The van der Waals surface area contributed by atoms with Gasteiger partial charge in [-0.25, -0.2) is 9.97 Å². The predicted octanol–water partition coefficient (Wildman–Crippen LogP) is 9.54. The molecule has 192 valence electrons. The minimum atomic E-state index is 0. The molecule has 32 heavy (non-hydrogen) atoms. The first kappa shape index (κ1) is 44.4. The van der Waals surface area contributed by atoms with E-state index in [-0.39, 0.29) is 4.70 Å². The van der Waals surface area contributed by atoms with Crippen molar-refractivity contribution in [3.05, 3.63) is 46.2 Å². The van der Waals surface area contributed by atoms with Crippen LogP contribution < -0.4 is 11.5 Å². The van der Waals surface area contributed by atoms with Crippen molar-refractivity contribution >= 4 is 55.8 Å². The van der Waals surface area contributed by atoms with Crippen molar-refractivity contribution in [3.8, 4) is 0 Å². The first-order chi connectivity index (χ1) is 14.8. The number of nitrogens with two attached hydrogens (primary N) is 2. The average molecular weight is 683 g/mol. The van der Waals surface area contributed by atoms with E-state index in [9.17, 15) is 0 Å². The van der Waals surface area contributed by atoms with Crippen LogP contribution in [0.5, 0.6) is 0 Å². The molecule has 0 radical (unpaired) electrons. The average Bonchev–Trinajstić information content (AvgIpc) is 2.83. The minimum Gasteiger partial charge on any atom is -0.384 e. The molecule has 0 atom stereocenters. The molecule has 0 unspecified atom stereocenters. The van der Waals surface area contributed by atoms with Gasteiger partial charge in [-0.05, 0) is 51.0 Å². The van der Waals surface area contributed by atoms with Crippen LogP contribution in [-0.2, 0) is 0 Å². The second-order valence-electron chi connectivity index (χ2n) is 5.46. The molecule has 2 rings (SSSR count). The lowest BCUT2D eigenvalue weighted by molar-refractivity contribution is 0.108. The van der Waals surface area contributed by atoms with E-state index in [0.717, 1.165) is 4.47 Å². The Morgan fingerprint density at radius 2 is 1.09 bits per heavy atom. The highest BCUT2D eigenvalue weighted by Crippen LogP contribution is 2.22. The van der Waals surface area contributed by atoms with Gasteiger partial charge in [0.15, 0.2) is 0 Å². The molecule has 0 aromatic carbocycles. The van der Waals surface area contributed by atoms with Crippen LogP contribution in [0.4, 0.5) is 52.9 Å². The van der Waals surface area contributed by atoms with Gasteiger partial charge >= 0.3 is 0 Å². The Morgan fingerprint density at radius 3 is 1.38 bits per heavy atom. The Balaban J connectivity index is -0.0000000744. The summed E-state index contributed by atoms with van der Waals surface area (Å²) >= 11 is 8.83. The number of halogens is 12. The standard InChI is InChI=1S/C8H11BrN2.C8H12N2.Br2.4F2.FH/c1-5(2)6-3-7(9)8(10)11-4-6;1-6(2)7-3-4-8(9)10-5-7;5*1-2;/h3-5H,1-2H3,(H2,10,11);3-6H,1-2H3,(H2,9,10);;;;;;1H. The Labute approximate surface area is 204 Å². The molecular weight excluding hydrogens is 659 g/mol. The van der Waals surface area contributed by atoms with Gasteiger partial charge < -0.3 is 11.5 Å². The van der Waals surface area contributed by atoms with Crippen molar-refractivity contribution < 1.29 is 41.3 Å². The van der Waals surface area contributed by atoms with E-state index in [4.69, 9.17) is 48.1 Å². The number of nitrogens with zero attached hydrogens (tertiary/aromatic N) is 2. The summed E-state index contributed by atoms with van der Waals surface area (Å²) in [6.07, 6.45) is 3.63. The number of nitrogen functional groups attached to an aromatic ring is 2. The van der Waals surface area contributed by atoms with E-state index < -0.39 is 0 Å². The van der Waals surface area contributed by atoms with E-state index in [1.807, 2.05) is 30.6 Å². The largest absolute Gasteiger partial charge is 0.384 e. The summed E-state index contributed by atoms with van der Waals surface area (Å²) in [5.41, 5.74) is 13.4. The van der Waals surface area contributed by atoms with E-state index >= 15 is 0 Å². The number of hydrogen-bond acceptors (Lipinski definition) is 4. The summed E-state index contributed by atoms with van der Waals surface area (Å²) in [4.78, 5) is 8.01. The Bertz CT molecular complexity index is 599. The monoisotopic (exact) mass is 680 g/mol. The smallest absolute Gasteiger partial charge is 0.137 e. The van der Waals surface area contributed by atoms with Crippen LogP contribution in [0.1, 0.15) is 50.7 Å². The van der Waals surface area contributed by atoms with Crippen molar-refractivity contribution in [2.24, 2.45) is 0 Å². The van der Waals surface area contributed by atoms with Crippen molar-refractivity contribution in [3.63, 3.8) is 0 Å². The maximum Gasteiger partial charge on any atom is 0.137 e. The molecule has 2 heterocycles. The van der Waals surface area contributed by atoms with E-state index in [2.05, 4.69) is 81.8 Å². The number of pyridine rings is 2. The molecule has 0 amide bonds. The predicted molar refractivity (Wildman–Crippen MR) is 122 cm³/mol. The van der Waals surface area contributed by atoms with Crippen molar-refractivity contribution in [1.29, 1.82) is 0 Å². The van der Waals surface area contributed by atoms with Crippen LogP contribution in [0.2, 0.25) is 0 Å². The molecule has 4 N–H and O–H groups in total. The molecule has 16 heteroatoms. The van der Waals surface area contributed by atoms with Crippen LogP contribution in [0.15, 0.2) is 35.1 Å². The maximum absolute atomic E-state index is 8.00. The quantitative estimate of drug-likeness (QED) is 0.310. The summed E-state index contributed by atoms with van der Waals surface area (Å²) in [5, 5.41) is 0. The number of anilines is 2. The molecule has 0 fully saturated rings. The third kappa shape index (κ3) is 25.0. The number of rotatable bonds is 2. The van der Waals surface area contributed by atoms with Gasteiger partial charge in [-0.1, -0.05) is 33.8 Å². The van der Waals surface area contributed by atoms with Gasteiger partial charge in [0.05, 0.1) is 4.47 Å². The van der Waals surface area contributed by atoms with Crippen LogP contribution in [0, 0.1) is 0 Å². The molecule has 0 saturated heterocycles. The van der Waals surface area contributed by atoms with Gasteiger partial charge in [-0.2, -0.15) is 0 Å². The summed E-state index contributed by atoms with van der Waals surface area (Å²) in [5.74, 6) is 2.17. The highest BCUT2D eigenvalue weighted by molar-refractivity contribution is 9.93. The Kier molecular flexibility index (Phi) is 47.6. The second-order valence-corrected chi connectivity index (χ2v) is 6.32. The molecule has 0 bridgehead atoms. The summed E-state index contributed by atoms with van der Waals surface area (Å²) in [6, 6.07) is 5.84. The SMILES string of the molecule is BrBr.CC(C)c1ccc(N)nc1.CC(C)c1cnc(N)c(Br)c1.F.FF.FF.FF.FF. The fourth-order valence-electron chi connectivity index (χ4n) is 1.54. The first-order valence-corrected chi connectivity index (χ1v) is 12.2. The van der Waals surface area contributed by atoms with Crippen molar-refractivity contribution in [2.75, 3.05) is 11.5 Å². The zero-order chi connectivity index (χ0) is 26.0. The highest BCUT2D eigenvalue weighted by atomic mass is 80.9. The first-order valence-electron chi connectivity index (χ1n) is 7.65. The van der Waals surface area contributed by atoms with Gasteiger partial charge in [0, 0.05) is 77.2 Å². The maximum atomic E-state index is 8.00. The zero-order valence-corrected chi connectivity index (χ0v) is 21.9. The summed E-state index contributed by atoms with van der Waals surface area (Å²) in [7, 11) is 0. The lowest BCUT2D eigenvalue weighted by Crippen LogP contribution is -1.94. The number of aromatic nitrogens is 2. The lowest BCUT2D eigenvalue weighted by Gasteiger charge is -2.05. The lowest BCUT2D eigenvalue weighted by atomic mass is 10.1. The van der Waals surface area contributed by atoms with Crippen molar-refractivity contribution in [1.82, 2.24) is 9.97 Å². The number of hydrogen-bond donors (Lipinski definition) is 2. The molecule has 2 aromatic heterocycles. The van der Waals surface area contributed by atoms with Gasteiger partial charge in [-0.3, -0.25) is 4.70 Å². The fourth-order valence-corrected chi connectivity index (χ4v) is 1.90. The van der Waals surface area contributed by atoms with Gasteiger partial charge in [0.2, 0.25) is 0 Å². The Morgan fingerprint density at radius 1 is 0.719 bits per heavy atom. The van der Waals surface area contributed by atoms with Crippen LogP contribution in [0.25, 0.3) is 0 Å². The Hall–Kier alpha value is -1.29. The third-order valence-electron chi connectivity index (χ3n) is 3.03. The van der Waals surface area contributed by atoms with E-state index in [1.165, 1.54) is 11.1 Å². The van der Waals surface area contributed by atoms with Crippen LogP contribution in [0.3, 0.4) is 0 Å². The molecule has 4 nitrogen and oxygen atoms in total. The summed E-state index contributed by atoms with van der Waals surface area (Å²) < 4.78 is 64.9. The van der Waals surface area contributed by atoms with Gasteiger partial charge in [-0.15, -0.1) is 0 Å². The third-order valence-corrected chi connectivity index (χ3v) is 3.67.